The first-order valence-electron chi connectivity index (χ1n) is 8.47. The highest BCUT2D eigenvalue weighted by molar-refractivity contribution is 5.88. The smallest absolute Gasteiger partial charge is 0.102 e. The summed E-state index contributed by atoms with van der Waals surface area (Å²) in [5, 5.41) is 11.5. The van der Waals surface area contributed by atoms with E-state index in [1.54, 1.807) is 0 Å². The second-order valence-corrected chi connectivity index (χ2v) is 5.89. The lowest BCUT2D eigenvalue weighted by Gasteiger charge is -2.23. The summed E-state index contributed by atoms with van der Waals surface area (Å²) in [6.07, 6.45) is 3.93. The maximum Gasteiger partial charge on any atom is 0.102 e. The molecule has 2 aromatic carbocycles. The molecule has 1 aliphatic heterocycles. The maximum absolute atomic E-state index is 5.37. The van der Waals surface area contributed by atoms with Crippen LogP contribution < -0.4 is 0 Å². The number of ether oxygens (including phenoxy) is 1. The lowest BCUT2D eigenvalue weighted by atomic mass is 10.1. The topological polar surface area (TPSA) is 42.6 Å². The molecule has 2 heterocycles. The molecule has 4 rings (SSSR count). The molecule has 5 nitrogen and oxygen atoms in total. The molecule has 5 heteroatoms. The van der Waals surface area contributed by atoms with Crippen LogP contribution in [0.5, 0.6) is 0 Å². The van der Waals surface area contributed by atoms with Gasteiger partial charge >= 0.3 is 0 Å². The van der Waals surface area contributed by atoms with Gasteiger partial charge in [0.15, 0.2) is 0 Å². The first-order valence-corrected chi connectivity index (χ1v) is 8.47. The molecule has 25 heavy (non-hydrogen) atoms. The van der Waals surface area contributed by atoms with Crippen LogP contribution in [0, 0.1) is 0 Å². The number of hydrazone groups is 1. The molecule has 3 aromatic rings. The van der Waals surface area contributed by atoms with Crippen molar-refractivity contribution in [1.29, 1.82) is 0 Å². The van der Waals surface area contributed by atoms with E-state index < -0.39 is 0 Å². The number of morpholine rings is 1. The lowest BCUT2D eigenvalue weighted by Crippen LogP contribution is -2.32. The fourth-order valence-electron chi connectivity index (χ4n) is 2.83. The first kappa shape index (κ1) is 15.6. The van der Waals surface area contributed by atoms with Crippen LogP contribution in [0.25, 0.3) is 16.9 Å². The Kier molecular flexibility index (Phi) is 4.57. The molecular weight excluding hydrogens is 312 g/mol. The average molecular weight is 332 g/mol. The van der Waals surface area contributed by atoms with Crippen LogP contribution in [0.2, 0.25) is 0 Å². The first-order chi connectivity index (χ1) is 12.4. The molecule has 1 saturated heterocycles. The van der Waals surface area contributed by atoms with E-state index in [4.69, 9.17) is 9.84 Å². The zero-order chi connectivity index (χ0) is 16.9. The fourth-order valence-corrected chi connectivity index (χ4v) is 2.83. The minimum atomic E-state index is 0.728. The van der Waals surface area contributed by atoms with E-state index in [9.17, 15) is 0 Å². The van der Waals surface area contributed by atoms with E-state index in [-0.39, 0.29) is 0 Å². The minimum Gasteiger partial charge on any atom is -0.378 e. The van der Waals surface area contributed by atoms with Crippen molar-refractivity contribution in [3.63, 3.8) is 0 Å². The van der Waals surface area contributed by atoms with Gasteiger partial charge in [-0.05, 0) is 12.1 Å². The Labute approximate surface area is 147 Å². The predicted octanol–water partition coefficient (Wildman–Crippen LogP) is 3.21. The number of para-hydroxylation sites is 1. The Hall–Kier alpha value is -2.92. The van der Waals surface area contributed by atoms with Gasteiger partial charge in [0.05, 0.1) is 38.2 Å². The zero-order valence-electron chi connectivity index (χ0n) is 14.0. The predicted molar refractivity (Wildman–Crippen MR) is 99.0 cm³/mol. The molecule has 1 fully saturated rings. The molecule has 0 N–H and O–H groups in total. The van der Waals surface area contributed by atoms with Crippen molar-refractivity contribution in [1.82, 2.24) is 14.8 Å². The van der Waals surface area contributed by atoms with Gasteiger partial charge in [-0.1, -0.05) is 48.5 Å². The van der Waals surface area contributed by atoms with Crippen molar-refractivity contribution in [2.24, 2.45) is 5.10 Å². The van der Waals surface area contributed by atoms with E-state index in [0.717, 1.165) is 48.8 Å². The summed E-state index contributed by atoms with van der Waals surface area (Å²) >= 11 is 0. The quantitative estimate of drug-likeness (QED) is 0.689. The Morgan fingerprint density at radius 3 is 2.32 bits per heavy atom. The molecule has 1 aromatic heterocycles. The van der Waals surface area contributed by atoms with Gasteiger partial charge in [0.2, 0.25) is 0 Å². The van der Waals surface area contributed by atoms with E-state index >= 15 is 0 Å². The third kappa shape index (κ3) is 3.61. The number of aromatic nitrogens is 2. The van der Waals surface area contributed by atoms with Gasteiger partial charge in [-0.2, -0.15) is 10.2 Å². The van der Waals surface area contributed by atoms with Crippen LogP contribution in [-0.4, -0.2) is 47.3 Å². The third-order valence-corrected chi connectivity index (χ3v) is 4.16. The van der Waals surface area contributed by atoms with Gasteiger partial charge in [-0.3, -0.25) is 5.01 Å². The third-order valence-electron chi connectivity index (χ3n) is 4.16. The van der Waals surface area contributed by atoms with Crippen molar-refractivity contribution < 1.29 is 4.74 Å². The molecule has 0 aliphatic carbocycles. The molecule has 0 unspecified atom stereocenters. The van der Waals surface area contributed by atoms with Gasteiger partial charge in [0.1, 0.15) is 5.69 Å². The molecule has 126 valence electrons. The van der Waals surface area contributed by atoms with E-state index in [0.29, 0.717) is 0 Å². The summed E-state index contributed by atoms with van der Waals surface area (Å²) in [5.41, 5.74) is 4.05. The Balaban J connectivity index is 1.70. The van der Waals surface area contributed by atoms with Gasteiger partial charge in [-0.25, -0.2) is 4.68 Å². The summed E-state index contributed by atoms with van der Waals surface area (Å²) in [5.74, 6) is 0. The average Bonchev–Trinajstić information content (AvgIpc) is 3.13. The summed E-state index contributed by atoms with van der Waals surface area (Å²) in [6, 6.07) is 20.3. The largest absolute Gasteiger partial charge is 0.378 e. The second kappa shape index (κ2) is 7.32. The number of rotatable bonds is 4. The van der Waals surface area contributed by atoms with Crippen molar-refractivity contribution in [3.05, 3.63) is 72.4 Å². The molecule has 0 atom stereocenters. The number of hydrogen-bond acceptors (Lipinski definition) is 4. The highest BCUT2D eigenvalue weighted by Crippen LogP contribution is 2.22. The van der Waals surface area contributed by atoms with Crippen LogP contribution in [0.4, 0.5) is 0 Å². The normalized spacial score (nSPS) is 15.0. The SMILES string of the molecule is C(=N/N1CCOCC1)/c1cn(-c2ccccc2)nc1-c1ccccc1. The highest BCUT2D eigenvalue weighted by Gasteiger charge is 2.12. The lowest BCUT2D eigenvalue weighted by molar-refractivity contribution is 0.0397. The molecule has 0 bridgehead atoms. The van der Waals surface area contributed by atoms with Crippen LogP contribution in [0.15, 0.2) is 72.0 Å². The molecular formula is C20H20N4O. The van der Waals surface area contributed by atoms with Crippen molar-refractivity contribution in [2.75, 3.05) is 26.3 Å². The van der Waals surface area contributed by atoms with Gasteiger partial charge in [-0.15, -0.1) is 0 Å². The number of nitrogens with zero attached hydrogens (tertiary/aromatic N) is 4. The summed E-state index contributed by atoms with van der Waals surface area (Å²) in [7, 11) is 0. The number of hydrogen-bond donors (Lipinski definition) is 0. The van der Waals surface area contributed by atoms with Gasteiger partial charge in [0.25, 0.3) is 0 Å². The monoisotopic (exact) mass is 332 g/mol. The Morgan fingerprint density at radius 2 is 1.60 bits per heavy atom. The second-order valence-electron chi connectivity index (χ2n) is 5.89. The Morgan fingerprint density at radius 1 is 0.920 bits per heavy atom. The minimum absolute atomic E-state index is 0.728. The molecule has 0 radical (unpaired) electrons. The number of benzene rings is 2. The van der Waals surface area contributed by atoms with Gasteiger partial charge < -0.3 is 4.74 Å². The summed E-state index contributed by atoms with van der Waals surface area (Å²) in [4.78, 5) is 0. The summed E-state index contributed by atoms with van der Waals surface area (Å²) in [6.45, 7) is 3.10. The highest BCUT2D eigenvalue weighted by atomic mass is 16.5. The van der Waals surface area contributed by atoms with Crippen LogP contribution in [0.1, 0.15) is 5.56 Å². The summed E-state index contributed by atoms with van der Waals surface area (Å²) < 4.78 is 7.28. The fraction of sp³-hybridized carbons (Fsp3) is 0.200. The zero-order valence-corrected chi connectivity index (χ0v) is 14.0. The van der Waals surface area contributed by atoms with Crippen LogP contribution >= 0.6 is 0 Å². The van der Waals surface area contributed by atoms with E-state index in [1.807, 2.05) is 70.6 Å². The standard InChI is InChI=1S/C20H20N4O/c1-3-7-17(8-4-1)20-18(15-21-23-11-13-25-14-12-23)16-24(22-20)19-9-5-2-6-10-19/h1-10,15-16H,11-14H2/b21-15-. The van der Waals surface area contributed by atoms with Crippen LogP contribution in [-0.2, 0) is 4.74 Å². The van der Waals surface area contributed by atoms with Gasteiger partial charge in [0, 0.05) is 17.3 Å². The molecule has 0 saturated carbocycles. The van der Waals surface area contributed by atoms with E-state index in [2.05, 4.69) is 17.2 Å². The molecule has 0 amide bonds. The van der Waals surface area contributed by atoms with Crippen LogP contribution in [0.3, 0.4) is 0 Å². The van der Waals surface area contributed by atoms with Crippen molar-refractivity contribution in [2.45, 2.75) is 0 Å². The Bertz CT molecular complexity index is 837. The maximum atomic E-state index is 5.37. The van der Waals surface area contributed by atoms with Crippen molar-refractivity contribution >= 4 is 6.21 Å². The van der Waals surface area contributed by atoms with E-state index in [1.165, 1.54) is 0 Å². The molecule has 1 aliphatic rings. The molecule has 0 spiro atoms. The van der Waals surface area contributed by atoms with Crippen molar-refractivity contribution in [3.8, 4) is 16.9 Å².